The summed E-state index contributed by atoms with van der Waals surface area (Å²) < 4.78 is 0. The second-order valence-corrected chi connectivity index (χ2v) is 4.97. The van der Waals surface area contributed by atoms with Crippen molar-refractivity contribution in [3.63, 3.8) is 0 Å². The van der Waals surface area contributed by atoms with Crippen LogP contribution >= 0.6 is 0 Å². The number of oxime groups is 1. The number of hydrogen-bond acceptors (Lipinski definition) is 6. The number of H-pyrrole nitrogens is 1. The first-order chi connectivity index (χ1) is 10.9. The van der Waals surface area contributed by atoms with E-state index in [1.165, 1.54) is 12.3 Å². The summed E-state index contributed by atoms with van der Waals surface area (Å²) >= 11 is 0. The maximum Gasteiger partial charge on any atom is 0.269 e. The molecule has 0 spiro atoms. The van der Waals surface area contributed by atoms with Gasteiger partial charge in [-0.2, -0.15) is 0 Å². The van der Waals surface area contributed by atoms with Gasteiger partial charge in [0.2, 0.25) is 6.04 Å². The highest BCUT2D eigenvalue weighted by Gasteiger charge is 2.20. The van der Waals surface area contributed by atoms with Crippen LogP contribution in [0.4, 0.5) is 0 Å². The van der Waals surface area contributed by atoms with E-state index in [0.29, 0.717) is 29.9 Å². The van der Waals surface area contributed by atoms with Crippen molar-refractivity contribution in [2.24, 2.45) is 5.16 Å². The molecule has 0 radical (unpaired) electrons. The van der Waals surface area contributed by atoms with E-state index in [1.807, 2.05) is 6.92 Å². The summed E-state index contributed by atoms with van der Waals surface area (Å²) in [5, 5.41) is 25.5. The quantitative estimate of drug-likeness (QED) is 0.289. The zero-order valence-corrected chi connectivity index (χ0v) is 13.4. The Morgan fingerprint density at radius 3 is 2.78 bits per heavy atom. The molecule has 126 valence electrons. The number of imidazole rings is 1. The molecule has 1 heterocycles. The first-order valence-corrected chi connectivity index (χ1v) is 7.27. The second-order valence-electron chi connectivity index (χ2n) is 4.97. The van der Waals surface area contributed by atoms with Crippen LogP contribution in [0.15, 0.2) is 23.0 Å². The number of nitrogens with zero attached hydrogens (tertiary/aromatic N) is 3. The number of hydrogen-bond donors (Lipinski definition) is 3. The van der Waals surface area contributed by atoms with Crippen molar-refractivity contribution in [1.82, 2.24) is 15.3 Å². The SMILES string of the molecule is CCc1ncc(C(=O)NCC(C=C(C)C(CC)[N+](=O)[O-])=NO)[nH]1. The van der Waals surface area contributed by atoms with Crippen LogP contribution in [0.5, 0.6) is 0 Å². The number of aromatic nitrogens is 2. The molecule has 1 atom stereocenters. The summed E-state index contributed by atoms with van der Waals surface area (Å²) in [6.45, 7) is 5.14. The normalized spacial score (nSPS) is 13.7. The Balaban J connectivity index is 2.70. The number of carbonyl (C=O) groups is 1. The molecule has 0 bridgehead atoms. The van der Waals surface area contributed by atoms with Crippen molar-refractivity contribution in [1.29, 1.82) is 0 Å². The van der Waals surface area contributed by atoms with Crippen LogP contribution in [0.2, 0.25) is 0 Å². The number of carbonyl (C=O) groups excluding carboxylic acids is 1. The molecular formula is C14H21N5O4. The fraction of sp³-hybridized carbons (Fsp3) is 0.500. The predicted molar refractivity (Wildman–Crippen MR) is 84.4 cm³/mol. The molecule has 0 aromatic carbocycles. The van der Waals surface area contributed by atoms with Gasteiger partial charge in [0, 0.05) is 23.3 Å². The molecule has 0 aliphatic carbocycles. The Kier molecular flexibility index (Phi) is 6.91. The Morgan fingerprint density at radius 1 is 1.61 bits per heavy atom. The summed E-state index contributed by atoms with van der Waals surface area (Å²) in [6, 6.07) is -0.845. The van der Waals surface area contributed by atoms with Gasteiger partial charge in [-0.25, -0.2) is 4.98 Å². The lowest BCUT2D eigenvalue weighted by molar-refractivity contribution is -0.512. The lowest BCUT2D eigenvalue weighted by atomic mass is 10.1. The zero-order chi connectivity index (χ0) is 17.4. The van der Waals surface area contributed by atoms with Crippen LogP contribution in [-0.4, -0.2) is 44.3 Å². The molecule has 1 aromatic heterocycles. The molecule has 1 aromatic rings. The minimum Gasteiger partial charge on any atom is -0.411 e. The highest BCUT2D eigenvalue weighted by Crippen LogP contribution is 2.09. The molecule has 0 saturated heterocycles. The molecule has 23 heavy (non-hydrogen) atoms. The Bertz CT molecular complexity index is 620. The van der Waals surface area contributed by atoms with E-state index in [2.05, 4.69) is 20.4 Å². The van der Waals surface area contributed by atoms with Gasteiger partial charge < -0.3 is 15.5 Å². The summed E-state index contributed by atoms with van der Waals surface area (Å²) in [7, 11) is 0. The summed E-state index contributed by atoms with van der Waals surface area (Å²) in [5.41, 5.74) is 0.886. The highest BCUT2D eigenvalue weighted by atomic mass is 16.6. The third kappa shape index (κ3) is 5.20. The Hall–Kier alpha value is -2.71. The summed E-state index contributed by atoms with van der Waals surface area (Å²) in [4.78, 5) is 29.3. The average molecular weight is 323 g/mol. The second kappa shape index (κ2) is 8.66. The molecule has 1 rings (SSSR count). The third-order valence-electron chi connectivity index (χ3n) is 3.33. The minimum atomic E-state index is -0.845. The van der Waals surface area contributed by atoms with Gasteiger partial charge in [-0.15, -0.1) is 0 Å². The number of rotatable bonds is 8. The molecule has 0 saturated carbocycles. The fourth-order valence-electron chi connectivity index (χ4n) is 2.04. The summed E-state index contributed by atoms with van der Waals surface area (Å²) in [5.74, 6) is 0.296. The lowest BCUT2D eigenvalue weighted by Crippen LogP contribution is -2.30. The van der Waals surface area contributed by atoms with E-state index in [4.69, 9.17) is 5.21 Å². The van der Waals surface area contributed by atoms with Gasteiger partial charge >= 0.3 is 0 Å². The van der Waals surface area contributed by atoms with Crippen molar-refractivity contribution in [3.8, 4) is 0 Å². The van der Waals surface area contributed by atoms with Crippen LogP contribution in [0.25, 0.3) is 0 Å². The van der Waals surface area contributed by atoms with Crippen molar-refractivity contribution >= 4 is 11.6 Å². The van der Waals surface area contributed by atoms with Crippen molar-refractivity contribution in [3.05, 3.63) is 39.5 Å². The molecule has 1 unspecified atom stereocenters. The van der Waals surface area contributed by atoms with Crippen molar-refractivity contribution < 1.29 is 14.9 Å². The van der Waals surface area contributed by atoms with E-state index >= 15 is 0 Å². The standard InChI is InChI=1S/C14H21N5O4/c1-4-12(19(22)23)9(3)6-10(18-21)7-16-14(20)11-8-15-13(5-2)17-11/h6,8,12,21H,4-5,7H2,1-3H3,(H,15,17)(H,16,20). The number of aryl methyl sites for hydroxylation is 1. The minimum absolute atomic E-state index is 0.0543. The molecule has 0 aliphatic heterocycles. The topological polar surface area (TPSA) is 134 Å². The number of nitro groups is 1. The largest absolute Gasteiger partial charge is 0.411 e. The number of nitrogens with one attached hydrogen (secondary N) is 2. The van der Waals surface area contributed by atoms with E-state index in [1.54, 1.807) is 13.8 Å². The number of amides is 1. The van der Waals surface area contributed by atoms with E-state index in [9.17, 15) is 14.9 Å². The molecule has 0 aliphatic rings. The molecule has 0 fully saturated rings. The molecule has 3 N–H and O–H groups in total. The predicted octanol–water partition coefficient (Wildman–Crippen LogP) is 1.53. The van der Waals surface area contributed by atoms with Gasteiger partial charge in [0.1, 0.15) is 11.5 Å². The van der Waals surface area contributed by atoms with Crippen LogP contribution in [0.3, 0.4) is 0 Å². The first-order valence-electron chi connectivity index (χ1n) is 7.27. The monoisotopic (exact) mass is 323 g/mol. The molecule has 9 nitrogen and oxygen atoms in total. The lowest BCUT2D eigenvalue weighted by Gasteiger charge is -2.08. The van der Waals surface area contributed by atoms with Crippen LogP contribution in [0, 0.1) is 10.1 Å². The maximum atomic E-state index is 11.9. The van der Waals surface area contributed by atoms with E-state index < -0.39 is 16.9 Å². The third-order valence-corrected chi connectivity index (χ3v) is 3.33. The van der Waals surface area contributed by atoms with Gasteiger partial charge in [-0.1, -0.05) is 19.0 Å². The fourth-order valence-corrected chi connectivity index (χ4v) is 2.04. The molecule has 1 amide bonds. The van der Waals surface area contributed by atoms with Gasteiger partial charge in [-0.05, 0) is 13.0 Å². The van der Waals surface area contributed by atoms with Crippen molar-refractivity contribution in [2.45, 2.75) is 39.7 Å². The molecule has 9 heteroatoms. The van der Waals surface area contributed by atoms with Gasteiger partial charge in [0.25, 0.3) is 5.91 Å². The van der Waals surface area contributed by atoms with E-state index in [-0.39, 0.29) is 12.3 Å². The smallest absolute Gasteiger partial charge is 0.269 e. The molecular weight excluding hydrogens is 302 g/mol. The number of aromatic amines is 1. The first kappa shape index (κ1) is 18.3. The van der Waals surface area contributed by atoms with Gasteiger partial charge in [0.15, 0.2) is 0 Å². The Labute approximate surface area is 133 Å². The van der Waals surface area contributed by atoms with Crippen LogP contribution < -0.4 is 5.32 Å². The van der Waals surface area contributed by atoms with Gasteiger partial charge in [-0.3, -0.25) is 14.9 Å². The van der Waals surface area contributed by atoms with Crippen LogP contribution in [0.1, 0.15) is 43.5 Å². The van der Waals surface area contributed by atoms with Gasteiger partial charge in [0.05, 0.1) is 18.5 Å². The zero-order valence-electron chi connectivity index (χ0n) is 13.4. The van der Waals surface area contributed by atoms with E-state index in [0.717, 1.165) is 0 Å². The van der Waals surface area contributed by atoms with Crippen molar-refractivity contribution in [2.75, 3.05) is 6.54 Å². The van der Waals surface area contributed by atoms with Crippen LogP contribution in [-0.2, 0) is 6.42 Å². The average Bonchev–Trinajstić information content (AvgIpc) is 3.00. The maximum absolute atomic E-state index is 11.9. The summed E-state index contributed by atoms with van der Waals surface area (Å²) in [6.07, 6.45) is 3.83. The Morgan fingerprint density at radius 2 is 2.30 bits per heavy atom. The highest BCUT2D eigenvalue weighted by molar-refractivity contribution is 6.01.